The largest absolute Gasteiger partial charge is 0.321 e. The van der Waals surface area contributed by atoms with Crippen LogP contribution in [0.3, 0.4) is 0 Å². The van der Waals surface area contributed by atoms with Gasteiger partial charge >= 0.3 is 0 Å². The van der Waals surface area contributed by atoms with Crippen LogP contribution in [0.15, 0.2) is 42.5 Å². The average Bonchev–Trinajstić information content (AvgIpc) is 2.86. The molecule has 2 aromatic carbocycles. The summed E-state index contributed by atoms with van der Waals surface area (Å²) in [6.45, 7) is 2.05. The number of anilines is 1. The zero-order valence-corrected chi connectivity index (χ0v) is 14.1. The number of rotatable bonds is 3. The van der Waals surface area contributed by atoms with Crippen LogP contribution >= 0.6 is 34.5 Å². The molecule has 2 nitrogen and oxygen atoms in total. The molecule has 0 spiro atoms. The van der Waals surface area contributed by atoms with Gasteiger partial charge in [0, 0.05) is 15.8 Å². The third-order valence-corrected chi connectivity index (χ3v) is 5.42. The highest BCUT2D eigenvalue weighted by Gasteiger charge is 2.19. The van der Waals surface area contributed by atoms with Crippen molar-refractivity contribution >= 4 is 56.2 Å². The van der Waals surface area contributed by atoms with E-state index in [0.29, 0.717) is 14.9 Å². The molecule has 0 aliphatic carbocycles. The Morgan fingerprint density at radius 2 is 1.91 bits per heavy atom. The molecule has 0 aliphatic rings. The second-order valence-corrected chi connectivity index (χ2v) is 6.66. The molecule has 1 amide bonds. The Balaban J connectivity index is 1.99. The number of carbonyl (C=O) groups excluding carboxylic acids is 1. The molecule has 3 aromatic rings. The van der Waals surface area contributed by atoms with Crippen LogP contribution in [0.5, 0.6) is 0 Å². The number of nitrogens with one attached hydrogen (secondary N) is 1. The number of carbonyl (C=O) groups is 1. The number of hydrogen-bond acceptors (Lipinski definition) is 2. The van der Waals surface area contributed by atoms with Crippen LogP contribution < -0.4 is 5.32 Å². The fraction of sp³-hybridized carbons (Fsp3) is 0.118. The lowest BCUT2D eigenvalue weighted by Gasteiger charge is -2.08. The molecule has 5 heteroatoms. The first-order valence-electron chi connectivity index (χ1n) is 6.87. The Morgan fingerprint density at radius 3 is 2.64 bits per heavy atom. The summed E-state index contributed by atoms with van der Waals surface area (Å²) in [5, 5.41) is 4.66. The predicted octanol–water partition coefficient (Wildman–Crippen LogP) is 6.02. The number of halogens is 2. The number of thiophene rings is 1. The molecule has 1 heterocycles. The van der Waals surface area contributed by atoms with Crippen molar-refractivity contribution in [2.75, 3.05) is 5.32 Å². The van der Waals surface area contributed by atoms with Crippen LogP contribution in [-0.2, 0) is 6.42 Å². The Labute approximate surface area is 142 Å². The third-order valence-electron chi connectivity index (χ3n) is 3.46. The van der Waals surface area contributed by atoms with Crippen LogP contribution in [0.25, 0.3) is 10.1 Å². The minimum atomic E-state index is -0.205. The monoisotopic (exact) mass is 349 g/mol. The zero-order chi connectivity index (χ0) is 15.7. The molecule has 112 valence electrons. The fourth-order valence-electron chi connectivity index (χ4n) is 2.35. The molecule has 0 saturated carbocycles. The molecular weight excluding hydrogens is 337 g/mol. The van der Waals surface area contributed by atoms with Gasteiger partial charge in [0.15, 0.2) is 0 Å². The number of aryl methyl sites for hydroxylation is 1. The van der Waals surface area contributed by atoms with Crippen molar-refractivity contribution in [1.82, 2.24) is 0 Å². The quantitative estimate of drug-likeness (QED) is 0.615. The van der Waals surface area contributed by atoms with E-state index in [-0.39, 0.29) is 5.91 Å². The second-order valence-electron chi connectivity index (χ2n) is 4.82. The number of para-hydroxylation sites is 1. The van der Waals surface area contributed by atoms with Gasteiger partial charge in [-0.25, -0.2) is 0 Å². The van der Waals surface area contributed by atoms with Crippen LogP contribution in [0, 0.1) is 0 Å². The van der Waals surface area contributed by atoms with Gasteiger partial charge in [0.2, 0.25) is 0 Å². The number of amides is 1. The summed E-state index contributed by atoms with van der Waals surface area (Å²) in [7, 11) is 0. The van der Waals surface area contributed by atoms with Crippen molar-refractivity contribution in [3.05, 3.63) is 63.0 Å². The van der Waals surface area contributed by atoms with Crippen molar-refractivity contribution < 1.29 is 4.79 Å². The number of hydrogen-bond donors (Lipinski definition) is 1. The van der Waals surface area contributed by atoms with Gasteiger partial charge in [0.1, 0.15) is 4.88 Å². The molecule has 0 saturated heterocycles. The van der Waals surface area contributed by atoms with Crippen molar-refractivity contribution in [3.63, 3.8) is 0 Å². The number of benzene rings is 2. The molecule has 1 N–H and O–H groups in total. The van der Waals surface area contributed by atoms with E-state index in [9.17, 15) is 4.79 Å². The van der Waals surface area contributed by atoms with E-state index < -0.39 is 0 Å². The Bertz CT molecular complexity index is 857. The maximum atomic E-state index is 12.6. The molecule has 1 aromatic heterocycles. The highest BCUT2D eigenvalue weighted by Crippen LogP contribution is 2.39. The van der Waals surface area contributed by atoms with E-state index >= 15 is 0 Å². The topological polar surface area (TPSA) is 29.1 Å². The van der Waals surface area contributed by atoms with Crippen LogP contribution in [0.1, 0.15) is 22.2 Å². The maximum Gasteiger partial charge on any atom is 0.267 e. The average molecular weight is 350 g/mol. The molecule has 0 atom stereocenters. The van der Waals surface area contributed by atoms with E-state index in [1.807, 2.05) is 36.4 Å². The zero-order valence-electron chi connectivity index (χ0n) is 11.8. The lowest BCUT2D eigenvalue weighted by molar-refractivity contribution is 0.103. The van der Waals surface area contributed by atoms with Gasteiger partial charge < -0.3 is 5.32 Å². The first-order chi connectivity index (χ1) is 10.6. The molecule has 0 radical (unpaired) electrons. The van der Waals surface area contributed by atoms with E-state index in [4.69, 9.17) is 23.2 Å². The smallest absolute Gasteiger partial charge is 0.267 e. The Kier molecular flexibility index (Phi) is 4.39. The van der Waals surface area contributed by atoms with Crippen molar-refractivity contribution in [3.8, 4) is 0 Å². The first kappa shape index (κ1) is 15.3. The fourth-order valence-corrected chi connectivity index (χ4v) is 4.20. The van der Waals surface area contributed by atoms with Gasteiger partial charge in [-0.1, -0.05) is 54.4 Å². The van der Waals surface area contributed by atoms with E-state index in [1.54, 1.807) is 6.07 Å². The number of fused-ring (bicyclic) bond motifs is 1. The summed E-state index contributed by atoms with van der Waals surface area (Å²) >= 11 is 13.9. The van der Waals surface area contributed by atoms with Crippen LogP contribution in [0.2, 0.25) is 10.0 Å². The van der Waals surface area contributed by atoms with E-state index in [0.717, 1.165) is 27.8 Å². The van der Waals surface area contributed by atoms with Crippen molar-refractivity contribution in [2.45, 2.75) is 13.3 Å². The highest BCUT2D eigenvalue weighted by molar-refractivity contribution is 7.21. The van der Waals surface area contributed by atoms with Gasteiger partial charge in [-0.3, -0.25) is 4.79 Å². The SMILES string of the molecule is CCc1ccccc1NC(=O)c1sc2cccc(Cl)c2c1Cl. The van der Waals surface area contributed by atoms with E-state index in [2.05, 4.69) is 12.2 Å². The summed E-state index contributed by atoms with van der Waals surface area (Å²) < 4.78 is 0.909. The molecule has 0 aliphatic heterocycles. The highest BCUT2D eigenvalue weighted by atomic mass is 35.5. The van der Waals surface area contributed by atoms with Gasteiger partial charge in [-0.2, -0.15) is 0 Å². The van der Waals surface area contributed by atoms with Gasteiger partial charge in [0.05, 0.1) is 10.0 Å². The van der Waals surface area contributed by atoms with Crippen LogP contribution in [0.4, 0.5) is 5.69 Å². The van der Waals surface area contributed by atoms with Crippen molar-refractivity contribution in [2.24, 2.45) is 0 Å². The molecule has 22 heavy (non-hydrogen) atoms. The molecule has 0 fully saturated rings. The third kappa shape index (κ3) is 2.72. The summed E-state index contributed by atoms with van der Waals surface area (Å²) in [4.78, 5) is 13.0. The van der Waals surface area contributed by atoms with Crippen LogP contribution in [-0.4, -0.2) is 5.91 Å². The van der Waals surface area contributed by atoms with Crippen molar-refractivity contribution in [1.29, 1.82) is 0 Å². The summed E-state index contributed by atoms with van der Waals surface area (Å²) in [5.41, 5.74) is 1.90. The van der Waals surface area contributed by atoms with E-state index in [1.165, 1.54) is 11.3 Å². The lowest BCUT2D eigenvalue weighted by atomic mass is 10.1. The van der Waals surface area contributed by atoms with Gasteiger partial charge in [-0.05, 0) is 30.2 Å². The summed E-state index contributed by atoms with van der Waals surface area (Å²) in [5.74, 6) is -0.205. The predicted molar refractivity (Wildman–Crippen MR) is 95.6 cm³/mol. The minimum Gasteiger partial charge on any atom is -0.321 e. The molecule has 0 unspecified atom stereocenters. The summed E-state index contributed by atoms with van der Waals surface area (Å²) in [6, 6.07) is 13.3. The lowest BCUT2D eigenvalue weighted by Crippen LogP contribution is -2.12. The minimum absolute atomic E-state index is 0.205. The standard InChI is InChI=1S/C17H13Cl2NOS/c1-2-10-6-3-4-8-12(10)20-17(21)16-15(19)14-11(18)7-5-9-13(14)22-16/h3-9H,2H2,1H3,(H,20,21). The second kappa shape index (κ2) is 6.29. The maximum absolute atomic E-state index is 12.6. The molecule has 0 bridgehead atoms. The normalized spacial score (nSPS) is 10.9. The Hall–Kier alpha value is -1.55. The van der Waals surface area contributed by atoms with Gasteiger partial charge in [-0.15, -0.1) is 11.3 Å². The molecule has 3 rings (SSSR count). The Morgan fingerprint density at radius 1 is 1.14 bits per heavy atom. The summed E-state index contributed by atoms with van der Waals surface area (Å²) in [6.07, 6.45) is 0.850. The van der Waals surface area contributed by atoms with Gasteiger partial charge in [0.25, 0.3) is 5.91 Å². The first-order valence-corrected chi connectivity index (χ1v) is 8.44. The molecular formula is C17H13Cl2NOS.